The normalized spacial score (nSPS) is 11.7. The van der Waals surface area contributed by atoms with Gasteiger partial charge in [-0.25, -0.2) is 4.79 Å². The first-order valence-electron chi connectivity index (χ1n) is 6.86. The van der Waals surface area contributed by atoms with E-state index in [-0.39, 0.29) is 25.2 Å². The first-order chi connectivity index (χ1) is 10.9. The summed E-state index contributed by atoms with van der Waals surface area (Å²) in [6.07, 6.45) is 7.68. The van der Waals surface area contributed by atoms with Gasteiger partial charge in [0.25, 0.3) is 0 Å². The molecule has 0 heterocycles. The van der Waals surface area contributed by atoms with E-state index in [1.165, 1.54) is 6.92 Å². The highest BCUT2D eigenvalue weighted by Gasteiger charge is 2.14. The molecule has 1 aromatic rings. The fourth-order valence-corrected chi connectivity index (χ4v) is 1.28. The lowest BCUT2D eigenvalue weighted by atomic mass is 10.2. The molecule has 1 rings (SSSR count). The van der Waals surface area contributed by atoms with Crippen molar-refractivity contribution >= 4 is 11.8 Å². The van der Waals surface area contributed by atoms with Crippen molar-refractivity contribution in [3.8, 4) is 24.7 Å². The summed E-state index contributed by atoms with van der Waals surface area (Å²) in [5, 5.41) is 17.8. The molecule has 5 heteroatoms. The van der Waals surface area contributed by atoms with Crippen LogP contribution in [0, 0.1) is 24.7 Å². The van der Waals surface area contributed by atoms with E-state index in [0.29, 0.717) is 0 Å². The van der Waals surface area contributed by atoms with Crippen LogP contribution in [0.3, 0.4) is 0 Å². The molecule has 0 saturated heterocycles. The maximum absolute atomic E-state index is 11.1. The van der Waals surface area contributed by atoms with Crippen molar-refractivity contribution in [3.63, 3.8) is 0 Å². The third-order valence-electron chi connectivity index (χ3n) is 2.59. The second kappa shape index (κ2) is 12.0. The molecule has 0 aliphatic rings. The van der Waals surface area contributed by atoms with Gasteiger partial charge >= 0.3 is 5.97 Å². The first-order valence-corrected chi connectivity index (χ1v) is 6.86. The minimum Gasteiger partial charge on any atom is -0.459 e. The standard InChI is InChI=1S/C12H12O3.C6H8O2/c1-2-6-11(13)12(14)15-9-10-7-4-3-5-8-10;1-3-4-6(8)5(2)7/h1,3-5,7-8,11,13H,6,9H2;1,6,8H,4H2,2H3/t11-;6-/m11/s1. The molecule has 0 aromatic heterocycles. The Balaban J connectivity index is 0.000000515. The summed E-state index contributed by atoms with van der Waals surface area (Å²) in [6.45, 7) is 1.46. The van der Waals surface area contributed by atoms with Crippen LogP contribution >= 0.6 is 0 Å². The number of Topliss-reactive ketones (excluding diaryl/α,β-unsaturated/α-hetero) is 1. The average molecular weight is 316 g/mol. The summed E-state index contributed by atoms with van der Waals surface area (Å²) in [7, 11) is 0. The van der Waals surface area contributed by atoms with E-state index in [1.54, 1.807) is 0 Å². The number of esters is 1. The topological polar surface area (TPSA) is 83.8 Å². The Morgan fingerprint density at radius 1 is 1.09 bits per heavy atom. The molecule has 0 aliphatic carbocycles. The zero-order valence-corrected chi connectivity index (χ0v) is 12.9. The van der Waals surface area contributed by atoms with Gasteiger partial charge in [-0.05, 0) is 12.5 Å². The molecule has 5 nitrogen and oxygen atoms in total. The van der Waals surface area contributed by atoms with Crippen LogP contribution in [0.4, 0.5) is 0 Å². The van der Waals surface area contributed by atoms with E-state index in [0.717, 1.165) is 5.56 Å². The Kier molecular flexibility index (Phi) is 10.6. The maximum Gasteiger partial charge on any atom is 0.336 e. The van der Waals surface area contributed by atoms with Gasteiger partial charge in [0.15, 0.2) is 11.9 Å². The van der Waals surface area contributed by atoms with Crippen LogP contribution in [0.1, 0.15) is 25.3 Å². The van der Waals surface area contributed by atoms with Crippen molar-refractivity contribution in [3.05, 3.63) is 35.9 Å². The molecule has 2 atom stereocenters. The van der Waals surface area contributed by atoms with Crippen LogP contribution < -0.4 is 0 Å². The lowest BCUT2D eigenvalue weighted by molar-refractivity contribution is -0.154. The van der Waals surface area contributed by atoms with Crippen molar-refractivity contribution in [1.29, 1.82) is 0 Å². The highest BCUT2D eigenvalue weighted by atomic mass is 16.5. The number of rotatable bonds is 6. The van der Waals surface area contributed by atoms with E-state index in [4.69, 9.17) is 22.7 Å². The van der Waals surface area contributed by atoms with Gasteiger partial charge in [0, 0.05) is 12.8 Å². The summed E-state index contributed by atoms with van der Waals surface area (Å²) < 4.78 is 4.86. The Labute approximate surface area is 136 Å². The number of carbonyl (C=O) groups is 2. The fraction of sp³-hybridized carbons (Fsp3) is 0.333. The molecule has 0 spiro atoms. The highest BCUT2D eigenvalue weighted by Crippen LogP contribution is 2.02. The molecule has 0 amide bonds. The molecule has 23 heavy (non-hydrogen) atoms. The number of carbonyl (C=O) groups excluding carboxylic acids is 2. The number of ether oxygens (including phenoxy) is 1. The lowest BCUT2D eigenvalue weighted by Gasteiger charge is -2.07. The number of hydrogen-bond acceptors (Lipinski definition) is 5. The SMILES string of the molecule is C#CC[C@@H](O)C(=O)OCc1ccccc1.C#CC[C@@H](O)C(C)=O. The van der Waals surface area contributed by atoms with E-state index in [1.807, 2.05) is 30.3 Å². The summed E-state index contributed by atoms with van der Waals surface area (Å²) in [4.78, 5) is 21.3. The highest BCUT2D eigenvalue weighted by molar-refractivity contribution is 5.80. The number of aliphatic hydroxyl groups is 2. The monoisotopic (exact) mass is 316 g/mol. The van der Waals surface area contributed by atoms with Gasteiger partial charge in [0.1, 0.15) is 12.7 Å². The maximum atomic E-state index is 11.1. The van der Waals surface area contributed by atoms with Gasteiger partial charge in [-0.3, -0.25) is 4.79 Å². The molecule has 2 N–H and O–H groups in total. The third-order valence-corrected chi connectivity index (χ3v) is 2.59. The Hall–Kier alpha value is -2.60. The van der Waals surface area contributed by atoms with Crippen molar-refractivity contribution in [2.24, 2.45) is 0 Å². The minimum absolute atomic E-state index is 0.0202. The van der Waals surface area contributed by atoms with E-state index in [2.05, 4.69) is 11.8 Å². The minimum atomic E-state index is -1.22. The summed E-state index contributed by atoms with van der Waals surface area (Å²) in [6, 6.07) is 9.24. The van der Waals surface area contributed by atoms with Crippen LogP contribution in [0.15, 0.2) is 30.3 Å². The van der Waals surface area contributed by atoms with Crippen LogP contribution in [0.5, 0.6) is 0 Å². The van der Waals surface area contributed by atoms with Crippen molar-refractivity contribution in [2.45, 2.75) is 38.6 Å². The predicted molar refractivity (Wildman–Crippen MR) is 85.8 cm³/mol. The number of aliphatic hydroxyl groups excluding tert-OH is 2. The van der Waals surface area contributed by atoms with Gasteiger partial charge in [-0.15, -0.1) is 24.7 Å². The van der Waals surface area contributed by atoms with E-state index < -0.39 is 18.2 Å². The first kappa shape index (κ1) is 20.4. The molecule has 0 bridgehead atoms. The Morgan fingerprint density at radius 2 is 1.61 bits per heavy atom. The number of benzene rings is 1. The Morgan fingerprint density at radius 3 is 2.04 bits per heavy atom. The Bertz CT molecular complexity index is 565. The lowest BCUT2D eigenvalue weighted by Crippen LogP contribution is -2.22. The predicted octanol–water partition coefficient (Wildman–Crippen LogP) is 1.07. The molecule has 0 unspecified atom stereocenters. The molecule has 0 fully saturated rings. The zero-order valence-electron chi connectivity index (χ0n) is 12.9. The molecular formula is C18H20O5. The fourth-order valence-electron chi connectivity index (χ4n) is 1.28. The molecule has 0 aliphatic heterocycles. The molecule has 1 aromatic carbocycles. The second-order valence-electron chi connectivity index (χ2n) is 4.55. The van der Waals surface area contributed by atoms with Gasteiger partial charge in [-0.2, -0.15) is 0 Å². The van der Waals surface area contributed by atoms with Crippen LogP contribution in [-0.2, 0) is 20.9 Å². The zero-order chi connectivity index (χ0) is 17.7. The van der Waals surface area contributed by atoms with Crippen LogP contribution in [0.2, 0.25) is 0 Å². The van der Waals surface area contributed by atoms with Gasteiger partial charge < -0.3 is 14.9 Å². The molecule has 0 saturated carbocycles. The van der Waals surface area contributed by atoms with Crippen LogP contribution in [0.25, 0.3) is 0 Å². The summed E-state index contributed by atoms with van der Waals surface area (Å²) >= 11 is 0. The van der Waals surface area contributed by atoms with Gasteiger partial charge in [0.2, 0.25) is 0 Å². The quantitative estimate of drug-likeness (QED) is 0.606. The third kappa shape index (κ3) is 9.87. The average Bonchev–Trinajstić information content (AvgIpc) is 2.54. The number of terminal acetylenes is 2. The van der Waals surface area contributed by atoms with Crippen LogP contribution in [-0.4, -0.2) is 34.2 Å². The van der Waals surface area contributed by atoms with E-state index in [9.17, 15) is 14.7 Å². The van der Waals surface area contributed by atoms with Gasteiger partial charge in [-0.1, -0.05) is 30.3 Å². The van der Waals surface area contributed by atoms with Crippen molar-refractivity contribution in [1.82, 2.24) is 0 Å². The number of hydrogen-bond donors (Lipinski definition) is 2. The van der Waals surface area contributed by atoms with E-state index >= 15 is 0 Å². The largest absolute Gasteiger partial charge is 0.459 e. The van der Waals surface area contributed by atoms with Gasteiger partial charge in [0.05, 0.1) is 0 Å². The summed E-state index contributed by atoms with van der Waals surface area (Å²) in [5.74, 6) is 3.42. The second-order valence-corrected chi connectivity index (χ2v) is 4.55. The van der Waals surface area contributed by atoms with Crippen molar-refractivity contribution in [2.75, 3.05) is 0 Å². The van der Waals surface area contributed by atoms with Crippen molar-refractivity contribution < 1.29 is 24.5 Å². The molecule has 0 radical (unpaired) electrons. The number of ketones is 1. The summed E-state index contributed by atoms with van der Waals surface area (Å²) in [5.41, 5.74) is 0.874. The smallest absolute Gasteiger partial charge is 0.336 e. The molecule has 122 valence electrons. The molecular weight excluding hydrogens is 296 g/mol.